The normalized spacial score (nSPS) is 17.0. The molecule has 0 radical (unpaired) electrons. The summed E-state index contributed by atoms with van der Waals surface area (Å²) < 4.78 is 6.18. The van der Waals surface area contributed by atoms with E-state index in [1.807, 2.05) is 25.1 Å². The number of hydrogen-bond acceptors (Lipinski definition) is 6. The minimum absolute atomic E-state index is 0.0955. The van der Waals surface area contributed by atoms with Crippen molar-refractivity contribution in [3.05, 3.63) is 64.9 Å². The molecule has 1 unspecified atom stereocenters. The smallest absolute Gasteiger partial charge is 0.296 e. The Morgan fingerprint density at radius 2 is 1.84 bits per heavy atom. The van der Waals surface area contributed by atoms with Crippen molar-refractivity contribution in [1.82, 2.24) is 4.98 Å². The molecule has 0 aliphatic carbocycles. The zero-order valence-corrected chi connectivity index (χ0v) is 18.9. The maximum absolute atomic E-state index is 13.3. The standard InChI is InChI=1S/C24H24N2O4S/c1-13-6-11-16-17(12-13)31-23(25-16)26-19(14-7-9-15(30-5)10-8-14)18(20(27)22(26)29)21(28)24(2,3)4/h6-12,19,27H,1-5H3. The number of carbonyl (C=O) groups excluding carboxylic acids is 2. The summed E-state index contributed by atoms with van der Waals surface area (Å²) in [5.74, 6) is -0.758. The van der Waals surface area contributed by atoms with Crippen LogP contribution in [0.5, 0.6) is 5.75 Å². The zero-order valence-electron chi connectivity index (χ0n) is 18.1. The van der Waals surface area contributed by atoms with Gasteiger partial charge >= 0.3 is 0 Å². The van der Waals surface area contributed by atoms with Crippen molar-refractivity contribution >= 4 is 38.4 Å². The fraction of sp³-hybridized carbons (Fsp3) is 0.292. The fourth-order valence-corrected chi connectivity index (χ4v) is 4.75. The molecule has 1 aliphatic heterocycles. The van der Waals surface area contributed by atoms with Crippen molar-refractivity contribution in [2.45, 2.75) is 33.7 Å². The molecule has 6 nitrogen and oxygen atoms in total. The van der Waals surface area contributed by atoms with Crippen LogP contribution in [0.3, 0.4) is 0 Å². The lowest BCUT2D eigenvalue weighted by molar-refractivity contribution is -0.123. The molecule has 160 valence electrons. The number of fused-ring (bicyclic) bond motifs is 1. The molecule has 1 N–H and O–H groups in total. The molecule has 2 heterocycles. The molecule has 0 bridgehead atoms. The lowest BCUT2D eigenvalue weighted by atomic mass is 9.82. The third-order valence-electron chi connectivity index (χ3n) is 5.30. The van der Waals surface area contributed by atoms with Crippen LogP contribution < -0.4 is 9.64 Å². The number of aliphatic hydroxyl groups excluding tert-OH is 1. The third-order valence-corrected chi connectivity index (χ3v) is 6.32. The Hall–Kier alpha value is -3.19. The average molecular weight is 437 g/mol. The Labute approximate surface area is 184 Å². The van der Waals surface area contributed by atoms with E-state index < -0.39 is 23.1 Å². The predicted octanol–water partition coefficient (Wildman–Crippen LogP) is 5.13. The second-order valence-corrected chi connectivity index (χ2v) is 9.67. The van der Waals surface area contributed by atoms with E-state index >= 15 is 0 Å². The van der Waals surface area contributed by atoms with Crippen LogP contribution in [0.4, 0.5) is 5.13 Å². The van der Waals surface area contributed by atoms with Crippen LogP contribution in [0.1, 0.15) is 37.9 Å². The van der Waals surface area contributed by atoms with Gasteiger partial charge in [-0.3, -0.25) is 14.5 Å². The highest BCUT2D eigenvalue weighted by Gasteiger charge is 2.47. The van der Waals surface area contributed by atoms with Crippen molar-refractivity contribution < 1.29 is 19.4 Å². The molecule has 7 heteroatoms. The third kappa shape index (κ3) is 3.59. The van der Waals surface area contributed by atoms with E-state index in [4.69, 9.17) is 4.74 Å². The maximum Gasteiger partial charge on any atom is 0.296 e. The molecular formula is C24H24N2O4S. The second kappa shape index (κ2) is 7.50. The molecule has 0 fully saturated rings. The number of nitrogens with zero attached hydrogens (tertiary/aromatic N) is 2. The molecule has 0 spiro atoms. The van der Waals surface area contributed by atoms with E-state index in [0.717, 1.165) is 15.8 Å². The number of benzene rings is 2. The van der Waals surface area contributed by atoms with Crippen molar-refractivity contribution in [2.24, 2.45) is 5.41 Å². The van der Waals surface area contributed by atoms with Crippen LogP contribution in [0.25, 0.3) is 10.2 Å². The van der Waals surface area contributed by atoms with Gasteiger partial charge in [-0.05, 0) is 42.3 Å². The van der Waals surface area contributed by atoms with Gasteiger partial charge in [0, 0.05) is 5.41 Å². The molecule has 3 aromatic rings. The number of rotatable bonds is 4. The second-order valence-electron chi connectivity index (χ2n) is 8.66. The molecule has 0 saturated carbocycles. The summed E-state index contributed by atoms with van der Waals surface area (Å²) in [7, 11) is 1.57. The van der Waals surface area contributed by atoms with Gasteiger partial charge in [0.25, 0.3) is 5.91 Å². The molecule has 1 amide bonds. The van der Waals surface area contributed by atoms with Gasteiger partial charge < -0.3 is 9.84 Å². The number of anilines is 1. The van der Waals surface area contributed by atoms with Crippen LogP contribution >= 0.6 is 11.3 Å². The fourth-order valence-electron chi connectivity index (χ4n) is 3.66. The number of amides is 1. The molecule has 1 atom stereocenters. The summed E-state index contributed by atoms with van der Waals surface area (Å²) in [5, 5.41) is 11.2. The van der Waals surface area contributed by atoms with E-state index in [0.29, 0.717) is 16.4 Å². The number of methoxy groups -OCH3 is 1. The van der Waals surface area contributed by atoms with Gasteiger partial charge in [0.1, 0.15) is 5.75 Å². The number of ether oxygens (including phenoxy) is 1. The number of hydrogen-bond donors (Lipinski definition) is 1. The summed E-state index contributed by atoms with van der Waals surface area (Å²) in [4.78, 5) is 32.6. The van der Waals surface area contributed by atoms with Crippen molar-refractivity contribution in [2.75, 3.05) is 12.0 Å². The van der Waals surface area contributed by atoms with Gasteiger partial charge in [-0.1, -0.05) is 50.3 Å². The predicted molar refractivity (Wildman–Crippen MR) is 122 cm³/mol. The summed E-state index contributed by atoms with van der Waals surface area (Å²) >= 11 is 1.36. The topological polar surface area (TPSA) is 79.7 Å². The molecule has 4 rings (SSSR count). The Balaban J connectivity index is 1.90. The molecular weight excluding hydrogens is 412 g/mol. The van der Waals surface area contributed by atoms with Crippen molar-refractivity contribution in [1.29, 1.82) is 0 Å². The number of aliphatic hydroxyl groups is 1. The van der Waals surface area contributed by atoms with E-state index in [1.54, 1.807) is 52.1 Å². The molecule has 31 heavy (non-hydrogen) atoms. The first kappa shape index (κ1) is 21.1. The van der Waals surface area contributed by atoms with Crippen LogP contribution in [-0.2, 0) is 9.59 Å². The van der Waals surface area contributed by atoms with Gasteiger partial charge in [-0.15, -0.1) is 0 Å². The molecule has 0 saturated heterocycles. The lowest BCUT2D eigenvalue weighted by Gasteiger charge is -2.27. The minimum Gasteiger partial charge on any atom is -0.503 e. The highest BCUT2D eigenvalue weighted by atomic mass is 32.1. The van der Waals surface area contributed by atoms with E-state index in [1.165, 1.54) is 16.2 Å². The monoisotopic (exact) mass is 436 g/mol. The molecule has 2 aromatic carbocycles. The lowest BCUT2D eigenvalue weighted by Crippen LogP contribution is -2.32. The van der Waals surface area contributed by atoms with E-state index in [9.17, 15) is 14.7 Å². The van der Waals surface area contributed by atoms with Crippen LogP contribution in [0.15, 0.2) is 53.8 Å². The van der Waals surface area contributed by atoms with E-state index in [2.05, 4.69) is 4.98 Å². The van der Waals surface area contributed by atoms with Gasteiger partial charge in [-0.2, -0.15) is 0 Å². The summed E-state index contributed by atoms with van der Waals surface area (Å²) in [6, 6.07) is 12.2. The maximum atomic E-state index is 13.3. The minimum atomic E-state index is -0.771. The first-order valence-electron chi connectivity index (χ1n) is 9.94. The largest absolute Gasteiger partial charge is 0.503 e. The molecule has 1 aliphatic rings. The summed E-state index contributed by atoms with van der Waals surface area (Å²) in [6.07, 6.45) is 0. The SMILES string of the molecule is COc1ccc(C2C(C(=O)C(C)(C)C)=C(O)C(=O)N2c2nc3ccc(C)cc3s2)cc1. The van der Waals surface area contributed by atoms with Gasteiger partial charge in [0.05, 0.1) is 28.9 Å². The number of Topliss-reactive ketones (excluding diaryl/α,β-unsaturated/α-hetero) is 1. The highest BCUT2D eigenvalue weighted by Crippen LogP contribution is 2.45. The quantitative estimate of drug-likeness (QED) is 0.613. The number of carbonyl (C=O) groups is 2. The van der Waals surface area contributed by atoms with Gasteiger partial charge in [0.2, 0.25) is 0 Å². The van der Waals surface area contributed by atoms with Crippen LogP contribution in [0, 0.1) is 12.3 Å². The Kier molecular flexibility index (Phi) is 5.09. The van der Waals surface area contributed by atoms with Crippen molar-refractivity contribution in [3.63, 3.8) is 0 Å². The molecule has 1 aromatic heterocycles. The Bertz CT molecular complexity index is 1220. The number of aryl methyl sites for hydroxylation is 1. The average Bonchev–Trinajstić information content (AvgIpc) is 3.25. The van der Waals surface area contributed by atoms with Crippen LogP contribution in [-0.4, -0.2) is 28.9 Å². The Morgan fingerprint density at radius 1 is 1.16 bits per heavy atom. The highest BCUT2D eigenvalue weighted by molar-refractivity contribution is 7.22. The van der Waals surface area contributed by atoms with Crippen LogP contribution in [0.2, 0.25) is 0 Å². The van der Waals surface area contributed by atoms with Crippen molar-refractivity contribution in [3.8, 4) is 5.75 Å². The number of aromatic nitrogens is 1. The van der Waals surface area contributed by atoms with Gasteiger partial charge in [0.15, 0.2) is 16.7 Å². The Morgan fingerprint density at radius 3 is 2.45 bits per heavy atom. The summed E-state index contributed by atoms with van der Waals surface area (Å²) in [6.45, 7) is 7.31. The van der Waals surface area contributed by atoms with Gasteiger partial charge in [-0.25, -0.2) is 4.98 Å². The first-order chi connectivity index (χ1) is 14.6. The first-order valence-corrected chi connectivity index (χ1v) is 10.8. The number of thiazole rings is 1. The number of ketones is 1. The van der Waals surface area contributed by atoms with E-state index in [-0.39, 0.29) is 11.4 Å². The zero-order chi connectivity index (χ0) is 22.5. The summed E-state index contributed by atoms with van der Waals surface area (Å²) in [5.41, 5.74) is 1.88.